The van der Waals surface area contributed by atoms with Gasteiger partial charge in [0.2, 0.25) is 0 Å². The molecule has 0 aliphatic rings. The second-order valence-electron chi connectivity index (χ2n) is 3.21. The molecule has 0 spiro atoms. The number of carboxylic acid groups (broad SMARTS) is 1. The Morgan fingerprint density at radius 3 is 2.29 bits per heavy atom. The number of carbonyl (C=O) groups is 1. The Morgan fingerprint density at radius 2 is 1.94 bits per heavy atom. The monoisotopic (exact) mass is 250 g/mol. The van der Waals surface area contributed by atoms with E-state index in [2.05, 4.69) is 6.58 Å². The van der Waals surface area contributed by atoms with Crippen LogP contribution in [0.2, 0.25) is 0 Å². The average Bonchev–Trinajstić information content (AvgIpc) is 2.27. The van der Waals surface area contributed by atoms with E-state index in [0.717, 1.165) is 6.42 Å². The second kappa shape index (κ2) is 13.1. The van der Waals surface area contributed by atoms with E-state index in [-0.39, 0.29) is 25.4 Å². The predicted octanol–water partition coefficient (Wildman–Crippen LogP) is 0.387. The zero-order valence-electron chi connectivity index (χ0n) is 10.4. The Bertz CT molecular complexity index is 192. The lowest BCUT2D eigenvalue weighted by Crippen LogP contribution is -2.20. The van der Waals surface area contributed by atoms with E-state index >= 15 is 0 Å². The topological polar surface area (TPSA) is 96.2 Å². The molecule has 6 heteroatoms. The fourth-order valence-corrected chi connectivity index (χ4v) is 0.551. The predicted molar refractivity (Wildman–Crippen MR) is 62.6 cm³/mol. The molecule has 102 valence electrons. The fraction of sp³-hybridized carbons (Fsp3) is 0.727. The Kier molecular flexibility index (Phi) is 14.2. The number of hydrogen-bond acceptors (Lipinski definition) is 5. The van der Waals surface area contributed by atoms with Gasteiger partial charge in [-0.25, -0.2) is 4.79 Å². The van der Waals surface area contributed by atoms with Gasteiger partial charge in [-0.1, -0.05) is 13.5 Å². The largest absolute Gasteiger partial charge is 0.478 e. The highest BCUT2D eigenvalue weighted by atomic mass is 16.6. The molecule has 0 aromatic carbocycles. The minimum Gasteiger partial charge on any atom is -0.478 e. The van der Waals surface area contributed by atoms with Crippen molar-refractivity contribution in [2.24, 2.45) is 0 Å². The number of rotatable bonds is 8. The maximum Gasteiger partial charge on any atom is 0.330 e. The van der Waals surface area contributed by atoms with Gasteiger partial charge in [-0.15, -0.1) is 0 Å². The minimum atomic E-state index is -0.935. The Hall–Kier alpha value is -0.950. The van der Waals surface area contributed by atoms with Crippen LogP contribution in [0.1, 0.15) is 20.3 Å². The first kappa shape index (κ1) is 18.4. The van der Waals surface area contributed by atoms with Gasteiger partial charge in [-0.3, -0.25) is 0 Å². The Morgan fingerprint density at radius 1 is 1.41 bits per heavy atom. The highest BCUT2D eigenvalue weighted by molar-refractivity contribution is 5.84. The summed E-state index contributed by atoms with van der Waals surface area (Å²) in [6, 6.07) is 0. The van der Waals surface area contributed by atoms with E-state index in [0.29, 0.717) is 6.61 Å². The molecule has 1 unspecified atom stereocenters. The molecule has 0 saturated heterocycles. The average molecular weight is 250 g/mol. The summed E-state index contributed by atoms with van der Waals surface area (Å²) < 4.78 is 9.70. The molecule has 0 aromatic rings. The third-order valence-electron chi connectivity index (χ3n) is 1.38. The first-order valence-electron chi connectivity index (χ1n) is 5.32. The lowest BCUT2D eigenvalue weighted by atomic mass is 10.4. The van der Waals surface area contributed by atoms with Crippen molar-refractivity contribution in [1.29, 1.82) is 0 Å². The Labute approximate surface area is 101 Å². The van der Waals surface area contributed by atoms with E-state index in [1.807, 2.05) is 6.92 Å². The Balaban J connectivity index is 0. The normalized spacial score (nSPS) is 11.3. The molecule has 17 heavy (non-hydrogen) atoms. The SMILES string of the molecule is C=C(C)C(=O)O.CCCOC(O)COCCO. The van der Waals surface area contributed by atoms with Gasteiger partial charge in [0.05, 0.1) is 19.8 Å². The molecule has 0 rings (SSSR count). The van der Waals surface area contributed by atoms with Crippen molar-refractivity contribution in [3.8, 4) is 0 Å². The van der Waals surface area contributed by atoms with Crippen LogP contribution < -0.4 is 0 Å². The molecule has 6 nitrogen and oxygen atoms in total. The summed E-state index contributed by atoms with van der Waals surface area (Å²) in [5.41, 5.74) is 0.176. The summed E-state index contributed by atoms with van der Waals surface area (Å²) in [6.07, 6.45) is 0.0124. The van der Waals surface area contributed by atoms with Crippen molar-refractivity contribution < 1.29 is 29.6 Å². The van der Waals surface area contributed by atoms with Gasteiger partial charge in [0.15, 0.2) is 6.29 Å². The first-order valence-corrected chi connectivity index (χ1v) is 5.32. The number of aliphatic hydroxyl groups is 2. The summed E-state index contributed by atoms with van der Waals surface area (Å²) in [7, 11) is 0. The van der Waals surface area contributed by atoms with Gasteiger partial charge >= 0.3 is 5.97 Å². The fourth-order valence-electron chi connectivity index (χ4n) is 0.551. The van der Waals surface area contributed by atoms with Gasteiger partial charge in [-0.05, 0) is 13.3 Å². The van der Waals surface area contributed by atoms with Crippen molar-refractivity contribution in [2.45, 2.75) is 26.6 Å². The third-order valence-corrected chi connectivity index (χ3v) is 1.38. The number of hydrogen-bond donors (Lipinski definition) is 3. The van der Waals surface area contributed by atoms with Gasteiger partial charge in [0.1, 0.15) is 0 Å². The summed E-state index contributed by atoms with van der Waals surface area (Å²) in [6.45, 7) is 7.43. The van der Waals surface area contributed by atoms with Crippen LogP contribution in [-0.4, -0.2) is 54.0 Å². The van der Waals surface area contributed by atoms with Gasteiger partial charge in [-0.2, -0.15) is 0 Å². The zero-order valence-corrected chi connectivity index (χ0v) is 10.4. The van der Waals surface area contributed by atoms with Gasteiger partial charge < -0.3 is 24.8 Å². The van der Waals surface area contributed by atoms with Crippen LogP contribution in [0.3, 0.4) is 0 Å². The quantitative estimate of drug-likeness (QED) is 0.327. The van der Waals surface area contributed by atoms with Crippen molar-refractivity contribution in [1.82, 2.24) is 0 Å². The van der Waals surface area contributed by atoms with Crippen molar-refractivity contribution in [3.05, 3.63) is 12.2 Å². The molecule has 0 aromatic heterocycles. The highest BCUT2D eigenvalue weighted by Crippen LogP contribution is 1.89. The van der Waals surface area contributed by atoms with Crippen LogP contribution >= 0.6 is 0 Å². The molecular weight excluding hydrogens is 228 g/mol. The molecule has 0 bridgehead atoms. The lowest BCUT2D eigenvalue weighted by Gasteiger charge is -2.10. The van der Waals surface area contributed by atoms with Gasteiger partial charge in [0, 0.05) is 12.2 Å². The van der Waals surface area contributed by atoms with Crippen LogP contribution in [-0.2, 0) is 14.3 Å². The molecular formula is C11H22O6. The van der Waals surface area contributed by atoms with Crippen LogP contribution in [0, 0.1) is 0 Å². The van der Waals surface area contributed by atoms with Crippen LogP contribution in [0.4, 0.5) is 0 Å². The van der Waals surface area contributed by atoms with Crippen LogP contribution in [0.25, 0.3) is 0 Å². The third kappa shape index (κ3) is 17.7. The van der Waals surface area contributed by atoms with E-state index < -0.39 is 12.3 Å². The smallest absolute Gasteiger partial charge is 0.330 e. The molecule has 1 atom stereocenters. The zero-order chi connectivity index (χ0) is 13.7. The molecule has 0 aliphatic carbocycles. The van der Waals surface area contributed by atoms with Crippen molar-refractivity contribution in [3.63, 3.8) is 0 Å². The molecule has 0 fully saturated rings. The number of aliphatic hydroxyl groups excluding tert-OH is 2. The van der Waals surface area contributed by atoms with E-state index in [4.69, 9.17) is 24.8 Å². The van der Waals surface area contributed by atoms with E-state index in [1.54, 1.807) is 0 Å². The van der Waals surface area contributed by atoms with Crippen molar-refractivity contribution >= 4 is 5.97 Å². The minimum absolute atomic E-state index is 0.0273. The van der Waals surface area contributed by atoms with E-state index in [1.165, 1.54) is 6.92 Å². The second-order valence-corrected chi connectivity index (χ2v) is 3.21. The van der Waals surface area contributed by atoms with Crippen LogP contribution in [0.15, 0.2) is 12.2 Å². The standard InChI is InChI=1S/C7H16O4.C4H6O2/c1-2-4-11-7(9)6-10-5-3-8;1-3(2)4(5)6/h7-9H,2-6H2,1H3;1H2,2H3,(H,5,6). The number of aliphatic carboxylic acids is 1. The molecule has 0 aliphatic heterocycles. The molecule has 0 radical (unpaired) electrons. The van der Waals surface area contributed by atoms with Gasteiger partial charge in [0.25, 0.3) is 0 Å². The molecule has 0 heterocycles. The van der Waals surface area contributed by atoms with Crippen LogP contribution in [0.5, 0.6) is 0 Å². The summed E-state index contributed by atoms with van der Waals surface area (Å²) in [5.74, 6) is -0.935. The molecule has 0 saturated carbocycles. The van der Waals surface area contributed by atoms with E-state index in [9.17, 15) is 4.79 Å². The maximum absolute atomic E-state index is 9.60. The molecule has 3 N–H and O–H groups in total. The van der Waals surface area contributed by atoms with Crippen molar-refractivity contribution in [2.75, 3.05) is 26.4 Å². The molecule has 0 amide bonds. The first-order chi connectivity index (χ1) is 7.95. The maximum atomic E-state index is 9.60. The summed E-state index contributed by atoms with van der Waals surface area (Å²) in [5, 5.41) is 25.2. The lowest BCUT2D eigenvalue weighted by molar-refractivity contribution is -0.139. The number of carboxylic acids is 1. The number of ether oxygens (including phenoxy) is 2. The highest BCUT2D eigenvalue weighted by Gasteiger charge is 2.01. The summed E-state index contributed by atoms with van der Waals surface area (Å²) in [4.78, 5) is 9.60. The summed E-state index contributed by atoms with van der Waals surface area (Å²) >= 11 is 0.